The van der Waals surface area contributed by atoms with Crippen molar-refractivity contribution in [1.29, 1.82) is 0 Å². The summed E-state index contributed by atoms with van der Waals surface area (Å²) in [5.74, 6) is 0.424. The molecule has 0 saturated heterocycles. The van der Waals surface area contributed by atoms with E-state index >= 15 is 0 Å². The Labute approximate surface area is 180 Å². The van der Waals surface area contributed by atoms with E-state index in [0.717, 1.165) is 5.56 Å². The van der Waals surface area contributed by atoms with Gasteiger partial charge in [0.25, 0.3) is 11.8 Å². The average molecular weight is 414 g/mol. The van der Waals surface area contributed by atoms with Crippen LogP contribution >= 0.6 is 0 Å². The van der Waals surface area contributed by atoms with Crippen molar-refractivity contribution in [2.75, 3.05) is 24.4 Å². The zero-order chi connectivity index (χ0) is 22.0. The van der Waals surface area contributed by atoms with Crippen LogP contribution in [-0.2, 0) is 9.59 Å². The molecule has 31 heavy (non-hydrogen) atoms. The van der Waals surface area contributed by atoms with Crippen LogP contribution in [0.1, 0.15) is 11.1 Å². The van der Waals surface area contributed by atoms with E-state index in [0.29, 0.717) is 34.0 Å². The van der Waals surface area contributed by atoms with Crippen LogP contribution in [0.4, 0.5) is 11.4 Å². The van der Waals surface area contributed by atoms with E-state index in [1.165, 1.54) is 4.90 Å². The number of ether oxygens (including phenoxy) is 2. The standard InChI is InChI=1S/C25H22N2O4/c1-16-8-4-6-10-20(16)27-24(28)22(17-12-14-18(30-2)15-13-17)23(25(27)29)26-19-9-5-7-11-21(19)31-3/h4-15,26H,1-3H3. The minimum Gasteiger partial charge on any atom is -0.497 e. The number of benzene rings is 3. The van der Waals surface area contributed by atoms with E-state index in [-0.39, 0.29) is 11.6 Å². The molecule has 0 unspecified atom stereocenters. The number of hydrogen-bond acceptors (Lipinski definition) is 5. The van der Waals surface area contributed by atoms with Crippen LogP contribution in [0.25, 0.3) is 5.57 Å². The first-order chi connectivity index (χ1) is 15.0. The number of amides is 2. The molecule has 1 aliphatic heterocycles. The van der Waals surface area contributed by atoms with Crippen molar-refractivity contribution >= 4 is 28.8 Å². The first-order valence-corrected chi connectivity index (χ1v) is 9.78. The summed E-state index contributed by atoms with van der Waals surface area (Å²) in [5.41, 5.74) is 3.09. The molecule has 1 heterocycles. The molecule has 0 aliphatic carbocycles. The molecular formula is C25H22N2O4. The van der Waals surface area contributed by atoms with Gasteiger partial charge in [0.2, 0.25) is 0 Å². The topological polar surface area (TPSA) is 67.9 Å². The molecule has 156 valence electrons. The molecular weight excluding hydrogens is 392 g/mol. The van der Waals surface area contributed by atoms with Gasteiger partial charge in [0.15, 0.2) is 0 Å². The Morgan fingerprint density at radius 2 is 1.45 bits per heavy atom. The summed E-state index contributed by atoms with van der Waals surface area (Å²) in [5, 5.41) is 3.15. The monoisotopic (exact) mass is 414 g/mol. The van der Waals surface area contributed by atoms with Crippen molar-refractivity contribution in [1.82, 2.24) is 0 Å². The van der Waals surface area contributed by atoms with Crippen molar-refractivity contribution in [2.45, 2.75) is 6.92 Å². The fourth-order valence-corrected chi connectivity index (χ4v) is 3.59. The Kier molecular flexibility index (Phi) is 5.45. The molecule has 0 radical (unpaired) electrons. The molecule has 0 spiro atoms. The molecule has 4 rings (SSSR count). The summed E-state index contributed by atoms with van der Waals surface area (Å²) >= 11 is 0. The lowest BCUT2D eigenvalue weighted by atomic mass is 10.0. The number of hydrogen-bond donors (Lipinski definition) is 1. The molecule has 6 nitrogen and oxygen atoms in total. The van der Waals surface area contributed by atoms with Crippen molar-refractivity contribution in [3.63, 3.8) is 0 Å². The molecule has 0 saturated carbocycles. The number of methoxy groups -OCH3 is 2. The SMILES string of the molecule is COc1ccc(C2=C(Nc3ccccc3OC)C(=O)N(c3ccccc3C)C2=O)cc1. The van der Waals surface area contributed by atoms with E-state index in [9.17, 15) is 9.59 Å². The number of carbonyl (C=O) groups is 2. The van der Waals surface area contributed by atoms with Gasteiger partial charge in [-0.2, -0.15) is 0 Å². The number of imide groups is 1. The molecule has 1 N–H and O–H groups in total. The van der Waals surface area contributed by atoms with Crippen molar-refractivity contribution < 1.29 is 19.1 Å². The number of aryl methyl sites for hydroxylation is 1. The van der Waals surface area contributed by atoms with Gasteiger partial charge < -0.3 is 14.8 Å². The minimum absolute atomic E-state index is 0.197. The van der Waals surface area contributed by atoms with E-state index in [1.807, 2.05) is 37.3 Å². The highest BCUT2D eigenvalue weighted by Gasteiger charge is 2.41. The van der Waals surface area contributed by atoms with Crippen LogP contribution in [-0.4, -0.2) is 26.0 Å². The van der Waals surface area contributed by atoms with Gasteiger partial charge in [0.1, 0.15) is 17.2 Å². The minimum atomic E-state index is -0.420. The lowest BCUT2D eigenvalue weighted by Gasteiger charge is -2.18. The second-order valence-corrected chi connectivity index (χ2v) is 7.04. The second-order valence-electron chi connectivity index (χ2n) is 7.04. The summed E-state index contributed by atoms with van der Waals surface area (Å²) in [6.07, 6.45) is 0. The third kappa shape index (κ3) is 3.64. The molecule has 0 bridgehead atoms. The highest BCUT2D eigenvalue weighted by atomic mass is 16.5. The maximum Gasteiger partial charge on any atom is 0.282 e. The molecule has 3 aromatic rings. The Balaban J connectivity index is 1.85. The largest absolute Gasteiger partial charge is 0.497 e. The number of nitrogens with one attached hydrogen (secondary N) is 1. The number of anilines is 2. The van der Waals surface area contributed by atoms with Gasteiger partial charge in [-0.3, -0.25) is 9.59 Å². The van der Waals surface area contributed by atoms with Crippen LogP contribution in [0.2, 0.25) is 0 Å². The van der Waals surface area contributed by atoms with Gasteiger partial charge >= 0.3 is 0 Å². The molecule has 0 atom stereocenters. The Bertz CT molecular complexity index is 1180. The number of nitrogens with zero attached hydrogens (tertiary/aromatic N) is 1. The normalized spacial score (nSPS) is 13.6. The molecule has 0 aromatic heterocycles. The van der Waals surface area contributed by atoms with Gasteiger partial charge in [0, 0.05) is 0 Å². The van der Waals surface area contributed by atoms with Gasteiger partial charge in [-0.1, -0.05) is 42.5 Å². The molecule has 3 aromatic carbocycles. The Morgan fingerprint density at radius 1 is 0.774 bits per heavy atom. The van der Waals surface area contributed by atoms with Crippen LogP contribution < -0.4 is 19.7 Å². The average Bonchev–Trinajstić information content (AvgIpc) is 3.04. The van der Waals surface area contributed by atoms with Gasteiger partial charge in [-0.25, -0.2) is 4.90 Å². The fraction of sp³-hybridized carbons (Fsp3) is 0.120. The number of para-hydroxylation sites is 3. The molecule has 6 heteroatoms. The van der Waals surface area contributed by atoms with E-state index < -0.39 is 5.91 Å². The third-order valence-corrected chi connectivity index (χ3v) is 5.19. The maximum atomic E-state index is 13.5. The first kappa shape index (κ1) is 20.2. The quantitative estimate of drug-likeness (QED) is 0.605. The van der Waals surface area contributed by atoms with Crippen molar-refractivity contribution in [3.05, 3.63) is 89.6 Å². The summed E-state index contributed by atoms with van der Waals surface area (Å²) < 4.78 is 10.6. The number of carbonyl (C=O) groups excluding carboxylic acids is 2. The Hall–Kier alpha value is -4.06. The smallest absolute Gasteiger partial charge is 0.282 e. The van der Waals surface area contributed by atoms with Gasteiger partial charge in [-0.15, -0.1) is 0 Å². The summed E-state index contributed by atoms with van der Waals surface area (Å²) in [6.45, 7) is 1.87. The van der Waals surface area contributed by atoms with Crippen LogP contribution in [0.5, 0.6) is 11.5 Å². The molecule has 2 amide bonds. The lowest BCUT2D eigenvalue weighted by Crippen LogP contribution is -2.33. The highest BCUT2D eigenvalue weighted by molar-refractivity contribution is 6.46. The first-order valence-electron chi connectivity index (χ1n) is 9.78. The van der Waals surface area contributed by atoms with E-state index in [2.05, 4.69) is 5.32 Å². The summed E-state index contributed by atoms with van der Waals surface area (Å²) in [6, 6.07) is 21.6. The van der Waals surface area contributed by atoms with Crippen LogP contribution in [0.15, 0.2) is 78.5 Å². The van der Waals surface area contributed by atoms with E-state index in [4.69, 9.17) is 9.47 Å². The maximum absolute atomic E-state index is 13.5. The van der Waals surface area contributed by atoms with Crippen LogP contribution in [0, 0.1) is 6.92 Å². The van der Waals surface area contributed by atoms with Crippen molar-refractivity contribution in [3.8, 4) is 11.5 Å². The van der Waals surface area contributed by atoms with Crippen LogP contribution in [0.3, 0.4) is 0 Å². The zero-order valence-corrected chi connectivity index (χ0v) is 17.5. The molecule has 0 fully saturated rings. The van der Waals surface area contributed by atoms with Gasteiger partial charge in [0.05, 0.1) is 31.2 Å². The van der Waals surface area contributed by atoms with Crippen molar-refractivity contribution in [2.24, 2.45) is 0 Å². The third-order valence-electron chi connectivity index (χ3n) is 5.19. The second kappa shape index (κ2) is 8.36. The lowest BCUT2D eigenvalue weighted by molar-refractivity contribution is -0.120. The molecule has 1 aliphatic rings. The number of rotatable bonds is 6. The predicted molar refractivity (Wildman–Crippen MR) is 120 cm³/mol. The highest BCUT2D eigenvalue weighted by Crippen LogP contribution is 2.36. The van der Waals surface area contributed by atoms with Gasteiger partial charge in [-0.05, 0) is 48.4 Å². The Morgan fingerprint density at radius 3 is 2.13 bits per heavy atom. The predicted octanol–water partition coefficient (Wildman–Crippen LogP) is 4.41. The zero-order valence-electron chi connectivity index (χ0n) is 17.5. The summed E-state index contributed by atoms with van der Waals surface area (Å²) in [4.78, 5) is 28.2. The fourth-order valence-electron chi connectivity index (χ4n) is 3.59. The van der Waals surface area contributed by atoms with E-state index in [1.54, 1.807) is 56.7 Å². The summed E-state index contributed by atoms with van der Waals surface area (Å²) in [7, 11) is 3.13.